The van der Waals surface area contributed by atoms with Crippen LogP contribution in [0.3, 0.4) is 0 Å². The quantitative estimate of drug-likeness (QED) is 0.851. The van der Waals surface area contributed by atoms with E-state index in [0.717, 1.165) is 12.8 Å². The maximum atomic E-state index is 12.3. The Balaban J connectivity index is 1.97. The standard InChI is InChI=1S/C14H22N4O3/c1-9-4-5-10(2)18(9)11(3)14(21)16-12-6-15-17(7-12)8-13(19)20/h6-7,9-11H,4-5,8H2,1-3H3,(H,16,21)(H,19,20). The van der Waals surface area contributed by atoms with E-state index < -0.39 is 5.97 Å². The number of carboxylic acids is 1. The minimum absolute atomic E-state index is 0.0922. The second kappa shape index (κ2) is 6.26. The summed E-state index contributed by atoms with van der Waals surface area (Å²) in [6.07, 6.45) is 5.20. The van der Waals surface area contributed by atoms with Crippen LogP contribution in [0.2, 0.25) is 0 Å². The van der Waals surface area contributed by atoms with Gasteiger partial charge in [-0.2, -0.15) is 5.10 Å². The number of aliphatic carboxylic acids is 1. The summed E-state index contributed by atoms with van der Waals surface area (Å²) >= 11 is 0. The SMILES string of the molecule is CC1CCC(C)N1C(C)C(=O)Nc1cnn(CC(=O)O)c1. The Morgan fingerprint density at radius 1 is 1.43 bits per heavy atom. The van der Waals surface area contributed by atoms with Gasteiger partial charge in [0.2, 0.25) is 5.91 Å². The summed E-state index contributed by atoms with van der Waals surface area (Å²) in [5, 5.41) is 15.4. The number of hydrogen-bond acceptors (Lipinski definition) is 4. The lowest BCUT2D eigenvalue weighted by Gasteiger charge is -2.31. The van der Waals surface area contributed by atoms with E-state index in [1.165, 1.54) is 17.1 Å². The molecule has 2 rings (SSSR count). The first-order valence-corrected chi connectivity index (χ1v) is 7.21. The van der Waals surface area contributed by atoms with Crippen LogP contribution >= 0.6 is 0 Å². The number of aromatic nitrogens is 2. The lowest BCUT2D eigenvalue weighted by molar-refractivity contribution is -0.137. The first-order chi connectivity index (χ1) is 9.88. The molecule has 7 nitrogen and oxygen atoms in total. The van der Waals surface area contributed by atoms with Crippen LogP contribution in [-0.2, 0) is 16.1 Å². The molecular formula is C14H22N4O3. The zero-order valence-electron chi connectivity index (χ0n) is 12.6. The van der Waals surface area contributed by atoms with Gasteiger partial charge in [0, 0.05) is 18.3 Å². The molecule has 1 aromatic rings. The normalized spacial score (nSPS) is 24.0. The third kappa shape index (κ3) is 3.60. The molecule has 3 unspecified atom stereocenters. The molecule has 0 saturated carbocycles. The monoisotopic (exact) mass is 294 g/mol. The predicted molar refractivity (Wildman–Crippen MR) is 78.0 cm³/mol. The Hall–Kier alpha value is -1.89. The van der Waals surface area contributed by atoms with Crippen LogP contribution in [0, 0.1) is 0 Å². The van der Waals surface area contributed by atoms with Crippen molar-refractivity contribution in [2.75, 3.05) is 5.32 Å². The fourth-order valence-corrected chi connectivity index (χ4v) is 3.01. The van der Waals surface area contributed by atoms with Crippen LogP contribution in [0.1, 0.15) is 33.6 Å². The molecule has 1 aromatic heterocycles. The van der Waals surface area contributed by atoms with Crippen molar-refractivity contribution < 1.29 is 14.7 Å². The maximum absolute atomic E-state index is 12.3. The Kier molecular flexibility index (Phi) is 4.62. The number of hydrogen-bond donors (Lipinski definition) is 2. The molecule has 0 aromatic carbocycles. The van der Waals surface area contributed by atoms with Crippen molar-refractivity contribution >= 4 is 17.6 Å². The van der Waals surface area contributed by atoms with Crippen molar-refractivity contribution in [1.82, 2.24) is 14.7 Å². The van der Waals surface area contributed by atoms with Crippen molar-refractivity contribution in [2.45, 2.75) is 58.3 Å². The number of carbonyl (C=O) groups is 2. The highest BCUT2D eigenvalue weighted by Crippen LogP contribution is 2.26. The maximum Gasteiger partial charge on any atom is 0.325 e. The molecule has 2 N–H and O–H groups in total. The van der Waals surface area contributed by atoms with E-state index in [-0.39, 0.29) is 18.5 Å². The summed E-state index contributed by atoms with van der Waals surface area (Å²) in [5.41, 5.74) is 0.521. The van der Waals surface area contributed by atoms with Crippen LogP contribution in [-0.4, -0.2) is 49.8 Å². The Bertz CT molecular complexity index is 518. The summed E-state index contributed by atoms with van der Waals surface area (Å²) in [4.78, 5) is 25.1. The van der Waals surface area contributed by atoms with E-state index >= 15 is 0 Å². The molecule has 1 aliphatic heterocycles. The van der Waals surface area contributed by atoms with Gasteiger partial charge in [-0.1, -0.05) is 0 Å². The van der Waals surface area contributed by atoms with Gasteiger partial charge in [0.15, 0.2) is 0 Å². The van der Waals surface area contributed by atoms with E-state index in [4.69, 9.17) is 5.11 Å². The Morgan fingerprint density at radius 3 is 2.62 bits per heavy atom. The molecule has 116 valence electrons. The average molecular weight is 294 g/mol. The predicted octanol–water partition coefficient (Wildman–Crippen LogP) is 1.17. The van der Waals surface area contributed by atoms with Gasteiger partial charge < -0.3 is 10.4 Å². The molecule has 0 aliphatic carbocycles. The van der Waals surface area contributed by atoms with E-state index in [0.29, 0.717) is 17.8 Å². The average Bonchev–Trinajstić information content (AvgIpc) is 2.95. The summed E-state index contributed by atoms with van der Waals surface area (Å²) in [5.74, 6) is -1.06. The van der Waals surface area contributed by atoms with Gasteiger partial charge >= 0.3 is 5.97 Å². The molecule has 3 atom stereocenters. The Labute approximate surface area is 123 Å². The van der Waals surface area contributed by atoms with Crippen LogP contribution in [0.25, 0.3) is 0 Å². The van der Waals surface area contributed by atoms with Crippen molar-refractivity contribution in [3.05, 3.63) is 12.4 Å². The number of anilines is 1. The van der Waals surface area contributed by atoms with Crippen molar-refractivity contribution in [3.8, 4) is 0 Å². The summed E-state index contributed by atoms with van der Waals surface area (Å²) in [7, 11) is 0. The van der Waals surface area contributed by atoms with Gasteiger partial charge in [-0.05, 0) is 33.6 Å². The number of nitrogens with zero attached hydrogens (tertiary/aromatic N) is 3. The van der Waals surface area contributed by atoms with E-state index in [1.54, 1.807) is 0 Å². The lowest BCUT2D eigenvalue weighted by atomic mass is 10.2. The molecule has 1 fully saturated rings. The second-order valence-electron chi connectivity index (χ2n) is 5.71. The molecule has 1 amide bonds. The highest BCUT2D eigenvalue weighted by atomic mass is 16.4. The van der Waals surface area contributed by atoms with Crippen molar-refractivity contribution in [3.63, 3.8) is 0 Å². The number of carboxylic acid groups (broad SMARTS) is 1. The fourth-order valence-electron chi connectivity index (χ4n) is 3.01. The summed E-state index contributed by atoms with van der Waals surface area (Å²) in [6.45, 7) is 5.96. The fraction of sp³-hybridized carbons (Fsp3) is 0.643. The van der Waals surface area contributed by atoms with Gasteiger partial charge in [-0.3, -0.25) is 19.2 Å². The number of carbonyl (C=O) groups excluding carboxylic acids is 1. The molecule has 0 radical (unpaired) electrons. The van der Waals surface area contributed by atoms with Crippen LogP contribution < -0.4 is 5.32 Å². The van der Waals surface area contributed by atoms with Crippen molar-refractivity contribution in [1.29, 1.82) is 0 Å². The highest BCUT2D eigenvalue weighted by Gasteiger charge is 2.34. The van der Waals surface area contributed by atoms with Gasteiger partial charge in [-0.15, -0.1) is 0 Å². The number of rotatable bonds is 5. The third-order valence-corrected chi connectivity index (χ3v) is 4.04. The molecule has 21 heavy (non-hydrogen) atoms. The van der Waals surface area contributed by atoms with Gasteiger partial charge in [0.1, 0.15) is 6.54 Å². The van der Waals surface area contributed by atoms with Crippen LogP contribution in [0.4, 0.5) is 5.69 Å². The minimum atomic E-state index is -0.968. The third-order valence-electron chi connectivity index (χ3n) is 4.04. The summed E-state index contributed by atoms with van der Waals surface area (Å²) < 4.78 is 1.28. The number of nitrogens with one attached hydrogen (secondary N) is 1. The van der Waals surface area contributed by atoms with Crippen LogP contribution in [0.15, 0.2) is 12.4 Å². The topological polar surface area (TPSA) is 87.5 Å². The smallest absolute Gasteiger partial charge is 0.325 e. The van der Waals surface area contributed by atoms with Gasteiger partial charge in [0.25, 0.3) is 0 Å². The molecule has 1 saturated heterocycles. The Morgan fingerprint density at radius 2 is 2.05 bits per heavy atom. The largest absolute Gasteiger partial charge is 0.480 e. The number of amides is 1. The zero-order valence-corrected chi connectivity index (χ0v) is 12.6. The highest BCUT2D eigenvalue weighted by molar-refractivity contribution is 5.94. The number of likely N-dealkylation sites (tertiary alicyclic amines) is 1. The lowest BCUT2D eigenvalue weighted by Crippen LogP contribution is -2.46. The van der Waals surface area contributed by atoms with E-state index in [1.807, 2.05) is 6.92 Å². The van der Waals surface area contributed by atoms with E-state index in [9.17, 15) is 9.59 Å². The first kappa shape index (κ1) is 15.5. The first-order valence-electron chi connectivity index (χ1n) is 7.21. The molecule has 1 aliphatic rings. The van der Waals surface area contributed by atoms with Crippen LogP contribution in [0.5, 0.6) is 0 Å². The molecule has 0 bridgehead atoms. The summed E-state index contributed by atoms with van der Waals surface area (Å²) in [6, 6.07) is 0.575. The van der Waals surface area contributed by atoms with Gasteiger partial charge in [0.05, 0.1) is 17.9 Å². The van der Waals surface area contributed by atoms with Gasteiger partial charge in [-0.25, -0.2) is 0 Å². The molecule has 2 heterocycles. The molecule has 0 spiro atoms. The second-order valence-corrected chi connectivity index (χ2v) is 5.71. The van der Waals surface area contributed by atoms with Crippen molar-refractivity contribution in [2.24, 2.45) is 0 Å². The molecule has 7 heteroatoms. The minimum Gasteiger partial charge on any atom is -0.480 e. The zero-order chi connectivity index (χ0) is 15.6. The van der Waals surface area contributed by atoms with E-state index in [2.05, 4.69) is 29.2 Å². The molecular weight excluding hydrogens is 272 g/mol.